The molecule has 0 spiro atoms. The van der Waals surface area contributed by atoms with E-state index in [2.05, 4.69) is 10.3 Å². The predicted octanol–water partition coefficient (Wildman–Crippen LogP) is 2.28. The van der Waals surface area contributed by atoms with Gasteiger partial charge in [-0.3, -0.25) is 0 Å². The number of nitrogens with one attached hydrogen (secondary N) is 1. The van der Waals surface area contributed by atoms with Crippen LogP contribution in [-0.2, 0) is 6.18 Å². The first-order valence-electron chi connectivity index (χ1n) is 4.88. The fourth-order valence-electron chi connectivity index (χ4n) is 1.22. The summed E-state index contributed by atoms with van der Waals surface area (Å²) in [7, 11) is 0. The monoisotopic (exact) mass is 234 g/mol. The Morgan fingerprint density at radius 2 is 2.19 bits per heavy atom. The third-order valence-corrected chi connectivity index (χ3v) is 2.17. The Hall–Kier alpha value is -1.30. The van der Waals surface area contributed by atoms with Crippen molar-refractivity contribution in [2.24, 2.45) is 0 Å². The van der Waals surface area contributed by atoms with Crippen LogP contribution in [0.3, 0.4) is 0 Å². The van der Waals surface area contributed by atoms with Crippen LogP contribution in [0.4, 0.5) is 19.0 Å². The van der Waals surface area contributed by atoms with E-state index in [-0.39, 0.29) is 12.4 Å². The average Bonchev–Trinajstić information content (AvgIpc) is 2.25. The number of halogens is 3. The van der Waals surface area contributed by atoms with Crippen LogP contribution in [-0.4, -0.2) is 22.7 Å². The van der Waals surface area contributed by atoms with E-state index in [1.54, 1.807) is 6.92 Å². The van der Waals surface area contributed by atoms with Gasteiger partial charge in [-0.2, -0.15) is 13.2 Å². The van der Waals surface area contributed by atoms with Crippen molar-refractivity contribution in [3.63, 3.8) is 0 Å². The number of alkyl halides is 3. The normalized spacial score (nSPS) is 13.6. The summed E-state index contributed by atoms with van der Waals surface area (Å²) in [6.45, 7) is 1.54. The van der Waals surface area contributed by atoms with Crippen LogP contribution >= 0.6 is 0 Å². The highest BCUT2D eigenvalue weighted by molar-refractivity contribution is 5.46. The zero-order valence-electron chi connectivity index (χ0n) is 8.75. The summed E-state index contributed by atoms with van der Waals surface area (Å²) in [5.74, 6) is -0.240. The molecule has 3 nitrogen and oxygen atoms in total. The molecule has 1 atom stereocenters. The van der Waals surface area contributed by atoms with Crippen LogP contribution in [0.5, 0.6) is 0 Å². The molecule has 2 N–H and O–H groups in total. The largest absolute Gasteiger partial charge is 0.419 e. The van der Waals surface area contributed by atoms with Crippen molar-refractivity contribution >= 4 is 5.82 Å². The maximum atomic E-state index is 12.6. The molecule has 0 aliphatic rings. The second-order valence-electron chi connectivity index (χ2n) is 3.33. The molecule has 1 unspecified atom stereocenters. The Balaban J connectivity index is 2.95. The second kappa shape index (κ2) is 5.16. The van der Waals surface area contributed by atoms with Gasteiger partial charge in [0.2, 0.25) is 0 Å². The molecule has 1 aromatic rings. The predicted molar refractivity (Wildman–Crippen MR) is 54.0 cm³/mol. The summed E-state index contributed by atoms with van der Waals surface area (Å²) in [5, 5.41) is 11.5. The first kappa shape index (κ1) is 12.8. The van der Waals surface area contributed by atoms with Crippen molar-refractivity contribution in [3.8, 4) is 0 Å². The van der Waals surface area contributed by atoms with Crippen LogP contribution < -0.4 is 5.32 Å². The van der Waals surface area contributed by atoms with E-state index in [1.165, 1.54) is 12.3 Å². The van der Waals surface area contributed by atoms with Crippen LogP contribution in [0.15, 0.2) is 18.3 Å². The summed E-state index contributed by atoms with van der Waals surface area (Å²) in [6.07, 6.45) is -2.64. The van der Waals surface area contributed by atoms with Crippen LogP contribution in [0.1, 0.15) is 18.9 Å². The summed E-state index contributed by atoms with van der Waals surface area (Å²) >= 11 is 0. The maximum absolute atomic E-state index is 12.6. The summed E-state index contributed by atoms with van der Waals surface area (Å²) in [5.41, 5.74) is -0.818. The van der Waals surface area contributed by atoms with Gasteiger partial charge < -0.3 is 10.4 Å². The number of aliphatic hydroxyl groups excluding tert-OH is 1. The van der Waals surface area contributed by atoms with E-state index in [0.29, 0.717) is 6.42 Å². The van der Waals surface area contributed by atoms with Crippen molar-refractivity contribution < 1.29 is 18.3 Å². The van der Waals surface area contributed by atoms with Gasteiger partial charge in [-0.15, -0.1) is 0 Å². The van der Waals surface area contributed by atoms with Gasteiger partial charge in [-0.1, -0.05) is 6.92 Å². The molecule has 0 fully saturated rings. The first-order valence-corrected chi connectivity index (χ1v) is 4.88. The fraction of sp³-hybridized carbons (Fsp3) is 0.500. The highest BCUT2D eigenvalue weighted by atomic mass is 19.4. The minimum Gasteiger partial charge on any atom is -0.394 e. The SMILES string of the molecule is CCC(CO)Nc1ncccc1C(F)(F)F. The highest BCUT2D eigenvalue weighted by Gasteiger charge is 2.34. The smallest absolute Gasteiger partial charge is 0.394 e. The minimum atomic E-state index is -4.44. The lowest BCUT2D eigenvalue weighted by Crippen LogP contribution is -2.25. The van der Waals surface area contributed by atoms with Gasteiger partial charge >= 0.3 is 6.18 Å². The highest BCUT2D eigenvalue weighted by Crippen LogP contribution is 2.33. The third-order valence-electron chi connectivity index (χ3n) is 2.17. The Morgan fingerprint density at radius 3 is 2.69 bits per heavy atom. The number of rotatable bonds is 4. The molecular formula is C10H13F3N2O. The molecule has 1 aromatic heterocycles. The molecule has 0 saturated heterocycles. The van der Waals surface area contributed by atoms with E-state index < -0.39 is 17.8 Å². The van der Waals surface area contributed by atoms with Gasteiger partial charge in [-0.25, -0.2) is 4.98 Å². The molecule has 1 rings (SSSR count). The summed E-state index contributed by atoms with van der Waals surface area (Å²) in [6, 6.07) is 1.77. The van der Waals surface area contributed by atoms with Crippen molar-refractivity contribution in [3.05, 3.63) is 23.9 Å². The second-order valence-corrected chi connectivity index (χ2v) is 3.33. The van der Waals surface area contributed by atoms with Crippen LogP contribution in [0.2, 0.25) is 0 Å². The third kappa shape index (κ3) is 3.10. The number of hydrogen-bond donors (Lipinski definition) is 2. The van der Waals surface area contributed by atoms with E-state index >= 15 is 0 Å². The molecule has 1 heterocycles. The lowest BCUT2D eigenvalue weighted by Gasteiger charge is -2.18. The number of aliphatic hydroxyl groups is 1. The Labute approximate surface area is 91.3 Å². The van der Waals surface area contributed by atoms with Gasteiger partial charge in [0.1, 0.15) is 5.82 Å². The molecule has 6 heteroatoms. The Kier molecular flexibility index (Phi) is 4.12. The number of anilines is 1. The van der Waals surface area contributed by atoms with E-state index in [1.807, 2.05) is 0 Å². The topological polar surface area (TPSA) is 45.1 Å². The molecule has 0 amide bonds. The molecule has 0 bridgehead atoms. The molecular weight excluding hydrogens is 221 g/mol. The van der Waals surface area contributed by atoms with E-state index in [9.17, 15) is 13.2 Å². The number of hydrogen-bond acceptors (Lipinski definition) is 3. The van der Waals surface area contributed by atoms with Crippen LogP contribution in [0, 0.1) is 0 Å². The standard InChI is InChI=1S/C10H13F3N2O/c1-2-7(6-16)15-9-8(10(11,12)13)4-3-5-14-9/h3-5,7,16H,2,6H2,1H3,(H,14,15). The number of nitrogens with zero attached hydrogens (tertiary/aromatic N) is 1. The van der Waals surface area contributed by atoms with Crippen molar-refractivity contribution in [2.45, 2.75) is 25.6 Å². The molecule has 0 aliphatic carbocycles. The Morgan fingerprint density at radius 1 is 1.50 bits per heavy atom. The molecule has 0 aromatic carbocycles. The zero-order chi connectivity index (χ0) is 12.2. The van der Waals surface area contributed by atoms with Crippen molar-refractivity contribution in [1.29, 1.82) is 0 Å². The van der Waals surface area contributed by atoms with Gasteiger partial charge in [0, 0.05) is 6.20 Å². The van der Waals surface area contributed by atoms with Gasteiger partial charge in [0.05, 0.1) is 18.2 Å². The lowest BCUT2D eigenvalue weighted by molar-refractivity contribution is -0.137. The summed E-state index contributed by atoms with van der Waals surface area (Å²) < 4.78 is 37.7. The Bertz CT molecular complexity index is 337. The van der Waals surface area contributed by atoms with Gasteiger partial charge in [-0.05, 0) is 18.6 Å². The molecule has 0 radical (unpaired) electrons. The van der Waals surface area contributed by atoms with E-state index in [4.69, 9.17) is 5.11 Å². The first-order chi connectivity index (χ1) is 7.49. The fourth-order valence-corrected chi connectivity index (χ4v) is 1.22. The molecule has 0 aliphatic heterocycles. The van der Waals surface area contributed by atoms with Gasteiger partial charge in [0.25, 0.3) is 0 Å². The lowest BCUT2D eigenvalue weighted by atomic mass is 10.2. The average molecular weight is 234 g/mol. The van der Waals surface area contributed by atoms with Crippen molar-refractivity contribution in [2.75, 3.05) is 11.9 Å². The number of aromatic nitrogens is 1. The molecule has 16 heavy (non-hydrogen) atoms. The minimum absolute atomic E-state index is 0.232. The molecule has 0 saturated carbocycles. The van der Waals surface area contributed by atoms with E-state index in [0.717, 1.165) is 6.07 Å². The summed E-state index contributed by atoms with van der Waals surface area (Å²) in [4.78, 5) is 3.64. The van der Waals surface area contributed by atoms with Crippen molar-refractivity contribution in [1.82, 2.24) is 4.98 Å². The zero-order valence-corrected chi connectivity index (χ0v) is 8.75. The van der Waals surface area contributed by atoms with Crippen LogP contribution in [0.25, 0.3) is 0 Å². The maximum Gasteiger partial charge on any atom is 0.419 e. The molecule has 90 valence electrons. The quantitative estimate of drug-likeness (QED) is 0.840. The number of pyridine rings is 1. The van der Waals surface area contributed by atoms with Gasteiger partial charge in [0.15, 0.2) is 0 Å².